The van der Waals surface area contributed by atoms with Crippen molar-refractivity contribution >= 4 is 24.3 Å². The topological polar surface area (TPSA) is 73.5 Å². The van der Waals surface area contributed by atoms with E-state index in [0.717, 1.165) is 45.2 Å². The fourth-order valence-corrected chi connectivity index (χ4v) is 4.83. The van der Waals surface area contributed by atoms with E-state index >= 15 is 0 Å². The van der Waals surface area contributed by atoms with E-state index in [-0.39, 0.29) is 36.3 Å². The molecule has 4 rings (SSSR count). The third-order valence-corrected chi connectivity index (χ3v) is 6.46. The molecular formula is C22H33ClN4O2. The number of hydrogen-bond acceptors (Lipinski definition) is 3. The number of carbonyl (C=O) groups excluding carboxylic acids is 2. The summed E-state index contributed by atoms with van der Waals surface area (Å²) in [6.07, 6.45) is 7.35. The molecule has 2 fully saturated rings. The first-order valence-corrected chi connectivity index (χ1v) is 10.8. The van der Waals surface area contributed by atoms with Gasteiger partial charge in [-0.15, -0.1) is 12.4 Å². The maximum absolute atomic E-state index is 12.8. The van der Waals surface area contributed by atoms with Gasteiger partial charge in [0.2, 0.25) is 5.91 Å². The van der Waals surface area contributed by atoms with Crippen LogP contribution in [-0.4, -0.2) is 49.1 Å². The number of halogens is 1. The molecule has 2 heterocycles. The number of piperidine rings is 1. The fourth-order valence-electron chi connectivity index (χ4n) is 4.83. The second-order valence-corrected chi connectivity index (χ2v) is 8.42. The maximum Gasteiger partial charge on any atom is 0.317 e. The molecule has 0 spiro atoms. The summed E-state index contributed by atoms with van der Waals surface area (Å²) in [5.41, 5.74) is 2.66. The summed E-state index contributed by atoms with van der Waals surface area (Å²) in [6.45, 7) is 2.82. The van der Waals surface area contributed by atoms with Crippen LogP contribution < -0.4 is 16.0 Å². The Morgan fingerprint density at radius 3 is 2.72 bits per heavy atom. The smallest absolute Gasteiger partial charge is 0.317 e. The summed E-state index contributed by atoms with van der Waals surface area (Å²) < 4.78 is 0. The van der Waals surface area contributed by atoms with E-state index in [4.69, 9.17) is 0 Å². The third-order valence-electron chi connectivity index (χ3n) is 6.46. The molecule has 2 atom stereocenters. The van der Waals surface area contributed by atoms with Gasteiger partial charge in [-0.25, -0.2) is 4.79 Å². The number of urea groups is 1. The van der Waals surface area contributed by atoms with E-state index in [0.29, 0.717) is 19.1 Å². The Kier molecular flexibility index (Phi) is 7.78. The maximum atomic E-state index is 12.8. The lowest BCUT2D eigenvalue weighted by Gasteiger charge is -2.33. The highest BCUT2D eigenvalue weighted by Gasteiger charge is 2.30. The molecule has 1 aliphatic carbocycles. The van der Waals surface area contributed by atoms with Crippen LogP contribution in [0, 0.1) is 5.92 Å². The minimum atomic E-state index is -0.109. The minimum absolute atomic E-state index is 0. The average Bonchev–Trinajstić information content (AvgIpc) is 3.25. The predicted octanol–water partition coefficient (Wildman–Crippen LogP) is 2.78. The molecule has 2 aliphatic heterocycles. The normalized spacial score (nSPS) is 24.3. The first kappa shape index (κ1) is 21.9. The minimum Gasteiger partial charge on any atom is -0.354 e. The number of nitrogens with one attached hydrogen (secondary N) is 3. The fraction of sp³-hybridized carbons (Fsp3) is 0.636. The Morgan fingerprint density at radius 1 is 1.10 bits per heavy atom. The monoisotopic (exact) mass is 420 g/mol. The molecule has 0 aromatic heterocycles. The van der Waals surface area contributed by atoms with Gasteiger partial charge in [-0.05, 0) is 49.8 Å². The van der Waals surface area contributed by atoms with Gasteiger partial charge in [0.05, 0.1) is 5.92 Å². The van der Waals surface area contributed by atoms with Crippen molar-refractivity contribution in [2.45, 2.75) is 57.0 Å². The number of hydrogen-bond donors (Lipinski definition) is 3. The van der Waals surface area contributed by atoms with Crippen molar-refractivity contribution < 1.29 is 9.59 Å². The van der Waals surface area contributed by atoms with E-state index in [1.807, 2.05) is 4.90 Å². The Labute approximate surface area is 179 Å². The molecule has 1 aromatic rings. The summed E-state index contributed by atoms with van der Waals surface area (Å²) in [5.74, 6) is -0.0369. The molecule has 6 nitrogen and oxygen atoms in total. The zero-order valence-corrected chi connectivity index (χ0v) is 17.8. The third kappa shape index (κ3) is 5.43. The molecule has 0 bridgehead atoms. The van der Waals surface area contributed by atoms with Gasteiger partial charge in [-0.1, -0.05) is 37.1 Å². The van der Waals surface area contributed by atoms with E-state index in [9.17, 15) is 9.59 Å². The molecule has 0 radical (unpaired) electrons. The van der Waals surface area contributed by atoms with Crippen molar-refractivity contribution in [1.29, 1.82) is 0 Å². The van der Waals surface area contributed by atoms with Crippen LogP contribution in [0.25, 0.3) is 0 Å². The van der Waals surface area contributed by atoms with E-state index in [1.54, 1.807) is 0 Å². The Hall–Kier alpha value is -1.79. The molecule has 3 N–H and O–H groups in total. The number of nitrogens with zero attached hydrogens (tertiary/aromatic N) is 1. The number of fused-ring (bicyclic) bond motifs is 1. The number of likely N-dealkylation sites (tertiary alicyclic amines) is 1. The Balaban J connectivity index is 0.00000240. The highest BCUT2D eigenvalue weighted by Crippen LogP contribution is 2.23. The predicted molar refractivity (Wildman–Crippen MR) is 116 cm³/mol. The molecule has 2 unspecified atom stereocenters. The lowest BCUT2D eigenvalue weighted by atomic mass is 9.93. The number of benzene rings is 1. The van der Waals surface area contributed by atoms with Gasteiger partial charge in [0.25, 0.3) is 0 Å². The van der Waals surface area contributed by atoms with Gasteiger partial charge in [-0.2, -0.15) is 0 Å². The lowest BCUT2D eigenvalue weighted by molar-refractivity contribution is -0.126. The largest absolute Gasteiger partial charge is 0.354 e. The average molecular weight is 421 g/mol. The summed E-state index contributed by atoms with van der Waals surface area (Å²) in [4.78, 5) is 27.1. The Morgan fingerprint density at radius 2 is 1.90 bits per heavy atom. The second kappa shape index (κ2) is 10.3. The SMILES string of the molecule is Cl.O=C(NCC1NCCc2ccccc21)C1CCCN(C(=O)NC2CCCC2)C1. The molecule has 1 saturated heterocycles. The van der Waals surface area contributed by atoms with Crippen LogP contribution in [0.1, 0.15) is 55.7 Å². The number of amides is 3. The Bertz CT molecular complexity index is 708. The van der Waals surface area contributed by atoms with Crippen LogP contribution in [0.4, 0.5) is 4.79 Å². The van der Waals surface area contributed by atoms with Crippen LogP contribution in [0.2, 0.25) is 0 Å². The summed E-state index contributed by atoms with van der Waals surface area (Å²) in [5, 5.41) is 9.80. The van der Waals surface area contributed by atoms with E-state index in [2.05, 4.69) is 40.2 Å². The standard InChI is InChI=1S/C22H32N4O2.ClH/c27-21(24-14-20-19-10-4-1-6-16(19)11-12-23-20)17-7-5-13-26(15-17)22(28)25-18-8-2-3-9-18;/h1,4,6,10,17-18,20,23H,2-3,5,7-9,11-15H2,(H,24,27)(H,25,28);1H. The molecule has 160 valence electrons. The summed E-state index contributed by atoms with van der Waals surface area (Å²) in [6, 6.07) is 8.95. The quantitative estimate of drug-likeness (QED) is 0.701. The molecule has 29 heavy (non-hydrogen) atoms. The van der Waals surface area contributed by atoms with Crippen molar-refractivity contribution in [3.05, 3.63) is 35.4 Å². The van der Waals surface area contributed by atoms with Gasteiger partial charge in [0, 0.05) is 31.7 Å². The van der Waals surface area contributed by atoms with Crippen molar-refractivity contribution in [3.63, 3.8) is 0 Å². The van der Waals surface area contributed by atoms with E-state index in [1.165, 1.54) is 24.0 Å². The summed E-state index contributed by atoms with van der Waals surface area (Å²) in [7, 11) is 0. The summed E-state index contributed by atoms with van der Waals surface area (Å²) >= 11 is 0. The molecule has 1 saturated carbocycles. The van der Waals surface area contributed by atoms with Crippen molar-refractivity contribution in [2.24, 2.45) is 5.92 Å². The zero-order valence-electron chi connectivity index (χ0n) is 17.0. The first-order valence-electron chi connectivity index (χ1n) is 10.8. The second-order valence-electron chi connectivity index (χ2n) is 8.42. The highest BCUT2D eigenvalue weighted by atomic mass is 35.5. The van der Waals surface area contributed by atoms with Crippen LogP contribution >= 0.6 is 12.4 Å². The van der Waals surface area contributed by atoms with Gasteiger partial charge in [-0.3, -0.25) is 4.79 Å². The zero-order chi connectivity index (χ0) is 19.3. The molecule has 3 aliphatic rings. The van der Waals surface area contributed by atoms with Crippen LogP contribution in [0.5, 0.6) is 0 Å². The first-order chi connectivity index (χ1) is 13.7. The lowest BCUT2D eigenvalue weighted by Crippen LogP contribution is -2.51. The molecular weight excluding hydrogens is 388 g/mol. The molecule has 1 aromatic carbocycles. The molecule has 7 heteroatoms. The number of carbonyl (C=O) groups is 2. The highest BCUT2D eigenvalue weighted by molar-refractivity contribution is 5.85. The van der Waals surface area contributed by atoms with Crippen LogP contribution in [0.3, 0.4) is 0 Å². The van der Waals surface area contributed by atoms with Gasteiger partial charge < -0.3 is 20.9 Å². The van der Waals surface area contributed by atoms with Crippen LogP contribution in [-0.2, 0) is 11.2 Å². The number of rotatable bonds is 4. The van der Waals surface area contributed by atoms with Crippen molar-refractivity contribution in [1.82, 2.24) is 20.9 Å². The van der Waals surface area contributed by atoms with Crippen molar-refractivity contribution in [2.75, 3.05) is 26.2 Å². The molecule has 3 amide bonds. The van der Waals surface area contributed by atoms with Crippen LogP contribution in [0.15, 0.2) is 24.3 Å². The van der Waals surface area contributed by atoms with Gasteiger partial charge in [0.15, 0.2) is 0 Å². The van der Waals surface area contributed by atoms with Crippen molar-refractivity contribution in [3.8, 4) is 0 Å². The van der Waals surface area contributed by atoms with E-state index < -0.39 is 0 Å². The van der Waals surface area contributed by atoms with Gasteiger partial charge in [0.1, 0.15) is 0 Å². The van der Waals surface area contributed by atoms with Gasteiger partial charge >= 0.3 is 6.03 Å².